The Bertz CT molecular complexity index is 295. The highest BCUT2D eigenvalue weighted by molar-refractivity contribution is 5.74. The Morgan fingerprint density at radius 2 is 1.83 bits per heavy atom. The van der Waals surface area contributed by atoms with E-state index >= 15 is 0 Å². The number of carbonyl (C=O) groups excluding carboxylic acids is 1. The van der Waals surface area contributed by atoms with Crippen LogP contribution in [0, 0.1) is 11.8 Å². The molecule has 2 aliphatic rings. The van der Waals surface area contributed by atoms with Crippen molar-refractivity contribution in [3.63, 3.8) is 0 Å². The predicted molar refractivity (Wildman–Crippen MR) is 73.6 cm³/mol. The third-order valence-electron chi connectivity index (χ3n) is 4.47. The Morgan fingerprint density at radius 3 is 2.44 bits per heavy atom. The molecule has 0 aromatic carbocycles. The summed E-state index contributed by atoms with van der Waals surface area (Å²) in [6.45, 7) is 8.17. The summed E-state index contributed by atoms with van der Waals surface area (Å²) < 4.78 is 0. The summed E-state index contributed by atoms with van der Waals surface area (Å²) in [7, 11) is 2.02. The van der Waals surface area contributed by atoms with E-state index in [-0.39, 0.29) is 6.03 Å². The molecule has 0 radical (unpaired) electrons. The van der Waals surface area contributed by atoms with Crippen molar-refractivity contribution >= 4 is 6.03 Å². The molecule has 0 aromatic heterocycles. The van der Waals surface area contributed by atoms with E-state index in [1.165, 1.54) is 6.42 Å². The van der Waals surface area contributed by atoms with E-state index in [2.05, 4.69) is 29.0 Å². The van der Waals surface area contributed by atoms with Gasteiger partial charge in [0.2, 0.25) is 0 Å². The zero-order chi connectivity index (χ0) is 13.1. The minimum Gasteiger partial charge on any atom is -0.324 e. The molecular formula is C14H27N3O. The molecule has 1 N–H and O–H groups in total. The molecule has 4 heteroatoms. The molecule has 0 spiro atoms. The second-order valence-corrected chi connectivity index (χ2v) is 6.08. The summed E-state index contributed by atoms with van der Waals surface area (Å²) in [5.41, 5.74) is 0. The molecule has 2 amide bonds. The van der Waals surface area contributed by atoms with Crippen LogP contribution >= 0.6 is 0 Å². The van der Waals surface area contributed by atoms with Gasteiger partial charge in [-0.2, -0.15) is 0 Å². The second kappa shape index (κ2) is 5.91. The predicted octanol–water partition coefficient (Wildman–Crippen LogP) is 1.77. The van der Waals surface area contributed by atoms with Crippen molar-refractivity contribution < 1.29 is 4.79 Å². The fraction of sp³-hybridized carbons (Fsp3) is 0.929. The van der Waals surface area contributed by atoms with Crippen molar-refractivity contribution in [3.05, 3.63) is 0 Å². The summed E-state index contributed by atoms with van der Waals surface area (Å²) in [6.07, 6.45) is 3.50. The lowest BCUT2D eigenvalue weighted by Crippen LogP contribution is -2.54. The molecule has 18 heavy (non-hydrogen) atoms. The van der Waals surface area contributed by atoms with Crippen LogP contribution in [0.25, 0.3) is 0 Å². The molecule has 2 aliphatic heterocycles. The number of amides is 2. The molecule has 3 atom stereocenters. The van der Waals surface area contributed by atoms with Gasteiger partial charge in [0.1, 0.15) is 0 Å². The van der Waals surface area contributed by atoms with Gasteiger partial charge >= 0.3 is 6.03 Å². The molecule has 2 saturated heterocycles. The molecule has 3 unspecified atom stereocenters. The van der Waals surface area contributed by atoms with Crippen LogP contribution in [0.5, 0.6) is 0 Å². The normalized spacial score (nSPS) is 33.6. The molecule has 2 heterocycles. The number of nitrogens with one attached hydrogen (secondary N) is 1. The Kier molecular flexibility index (Phi) is 4.49. The van der Waals surface area contributed by atoms with Gasteiger partial charge < -0.3 is 15.1 Å². The average molecular weight is 253 g/mol. The first-order valence-corrected chi connectivity index (χ1v) is 7.33. The molecule has 0 saturated carbocycles. The number of likely N-dealkylation sites (tertiary alicyclic amines) is 2. The van der Waals surface area contributed by atoms with Gasteiger partial charge in [-0.25, -0.2) is 4.79 Å². The maximum absolute atomic E-state index is 12.5. The molecule has 0 aromatic rings. The SMILES string of the molecule is CNC1CCN(C(=O)N2CCCC(C)C2)CC1C. The maximum atomic E-state index is 12.5. The molecule has 104 valence electrons. The first-order valence-electron chi connectivity index (χ1n) is 7.33. The monoisotopic (exact) mass is 253 g/mol. The topological polar surface area (TPSA) is 35.6 Å². The molecule has 2 fully saturated rings. The smallest absolute Gasteiger partial charge is 0.320 e. The number of piperidine rings is 2. The zero-order valence-corrected chi connectivity index (χ0v) is 12.0. The Hall–Kier alpha value is -0.770. The molecule has 2 rings (SSSR count). The van der Waals surface area contributed by atoms with Crippen LogP contribution in [0.1, 0.15) is 33.1 Å². The average Bonchev–Trinajstić information content (AvgIpc) is 2.37. The fourth-order valence-corrected chi connectivity index (χ4v) is 3.31. The fourth-order valence-electron chi connectivity index (χ4n) is 3.31. The lowest BCUT2D eigenvalue weighted by Gasteiger charge is -2.41. The van der Waals surface area contributed by atoms with E-state index in [0.717, 1.165) is 39.0 Å². The summed E-state index contributed by atoms with van der Waals surface area (Å²) in [4.78, 5) is 16.6. The maximum Gasteiger partial charge on any atom is 0.320 e. The van der Waals surface area contributed by atoms with Gasteiger partial charge in [0.15, 0.2) is 0 Å². The van der Waals surface area contributed by atoms with Crippen LogP contribution in [0.2, 0.25) is 0 Å². The van der Waals surface area contributed by atoms with Crippen LogP contribution in [0.4, 0.5) is 4.79 Å². The Balaban J connectivity index is 1.89. The second-order valence-electron chi connectivity index (χ2n) is 6.08. The van der Waals surface area contributed by atoms with E-state index in [4.69, 9.17) is 0 Å². The number of nitrogens with zero attached hydrogens (tertiary/aromatic N) is 2. The summed E-state index contributed by atoms with van der Waals surface area (Å²) in [5.74, 6) is 1.21. The molecule has 4 nitrogen and oxygen atoms in total. The zero-order valence-electron chi connectivity index (χ0n) is 12.0. The first-order chi connectivity index (χ1) is 8.61. The lowest BCUT2D eigenvalue weighted by molar-refractivity contribution is 0.105. The van der Waals surface area contributed by atoms with E-state index < -0.39 is 0 Å². The van der Waals surface area contributed by atoms with Gasteiger partial charge in [-0.05, 0) is 38.1 Å². The van der Waals surface area contributed by atoms with Crippen LogP contribution in [0.3, 0.4) is 0 Å². The van der Waals surface area contributed by atoms with E-state index in [0.29, 0.717) is 17.9 Å². The highest BCUT2D eigenvalue weighted by atomic mass is 16.2. The van der Waals surface area contributed by atoms with Gasteiger partial charge in [-0.3, -0.25) is 0 Å². The summed E-state index contributed by atoms with van der Waals surface area (Å²) in [6, 6.07) is 0.831. The Labute approximate surface area is 111 Å². The van der Waals surface area contributed by atoms with Gasteiger partial charge in [0.25, 0.3) is 0 Å². The van der Waals surface area contributed by atoms with E-state index in [9.17, 15) is 4.79 Å². The van der Waals surface area contributed by atoms with Crippen LogP contribution < -0.4 is 5.32 Å². The van der Waals surface area contributed by atoms with Gasteiger partial charge in [0.05, 0.1) is 0 Å². The lowest BCUT2D eigenvalue weighted by atomic mass is 9.94. The number of rotatable bonds is 1. The number of carbonyl (C=O) groups is 1. The van der Waals surface area contributed by atoms with Crippen molar-refractivity contribution in [2.75, 3.05) is 33.2 Å². The van der Waals surface area contributed by atoms with Crippen molar-refractivity contribution in [2.45, 2.75) is 39.2 Å². The highest BCUT2D eigenvalue weighted by Gasteiger charge is 2.31. The third kappa shape index (κ3) is 2.97. The minimum absolute atomic E-state index is 0.267. The van der Waals surface area contributed by atoms with Crippen molar-refractivity contribution in [3.8, 4) is 0 Å². The van der Waals surface area contributed by atoms with Crippen molar-refractivity contribution in [1.29, 1.82) is 0 Å². The van der Waals surface area contributed by atoms with Gasteiger partial charge in [-0.15, -0.1) is 0 Å². The van der Waals surface area contributed by atoms with Crippen LogP contribution in [-0.4, -0.2) is 55.1 Å². The number of hydrogen-bond acceptors (Lipinski definition) is 2. The van der Waals surface area contributed by atoms with E-state index in [1.807, 2.05) is 7.05 Å². The summed E-state index contributed by atoms with van der Waals surface area (Å²) in [5, 5.41) is 3.35. The highest BCUT2D eigenvalue weighted by Crippen LogP contribution is 2.21. The Morgan fingerprint density at radius 1 is 1.11 bits per heavy atom. The van der Waals surface area contributed by atoms with Crippen LogP contribution in [-0.2, 0) is 0 Å². The largest absolute Gasteiger partial charge is 0.324 e. The van der Waals surface area contributed by atoms with Gasteiger partial charge in [-0.1, -0.05) is 13.8 Å². The molecule has 0 bridgehead atoms. The minimum atomic E-state index is 0.267. The van der Waals surface area contributed by atoms with Crippen LogP contribution in [0.15, 0.2) is 0 Å². The molecule has 0 aliphatic carbocycles. The molecular weight excluding hydrogens is 226 g/mol. The first kappa shape index (κ1) is 13.7. The van der Waals surface area contributed by atoms with E-state index in [1.54, 1.807) is 0 Å². The standard InChI is InChI=1S/C14H27N3O/c1-11-5-4-7-16(9-11)14(18)17-8-6-13(15-3)12(2)10-17/h11-13,15H,4-10H2,1-3H3. The van der Waals surface area contributed by atoms with Crippen molar-refractivity contribution in [2.24, 2.45) is 11.8 Å². The van der Waals surface area contributed by atoms with Gasteiger partial charge in [0, 0.05) is 32.2 Å². The summed E-state index contributed by atoms with van der Waals surface area (Å²) >= 11 is 0. The number of urea groups is 1. The van der Waals surface area contributed by atoms with Crippen molar-refractivity contribution in [1.82, 2.24) is 15.1 Å². The third-order valence-corrected chi connectivity index (χ3v) is 4.47. The number of hydrogen-bond donors (Lipinski definition) is 1. The quantitative estimate of drug-likeness (QED) is 0.773.